The number of hydrogen-bond acceptors (Lipinski definition) is 3. The second kappa shape index (κ2) is 15.9. The van der Waals surface area contributed by atoms with Gasteiger partial charge < -0.3 is 25.5 Å². The lowest BCUT2D eigenvalue weighted by molar-refractivity contribution is -0.969. The van der Waals surface area contributed by atoms with E-state index in [-0.39, 0.29) is 18.4 Å². The molecular formula is C35H46F2N4O3+2. The van der Waals surface area contributed by atoms with Crippen LogP contribution in [-0.2, 0) is 13.0 Å². The fourth-order valence-corrected chi connectivity index (χ4v) is 6.19. The molecule has 0 bridgehead atoms. The Morgan fingerprint density at radius 1 is 0.977 bits per heavy atom. The van der Waals surface area contributed by atoms with Crippen LogP contribution < -0.4 is 15.5 Å². The summed E-state index contributed by atoms with van der Waals surface area (Å²) < 4.78 is 28.2. The van der Waals surface area contributed by atoms with Crippen molar-refractivity contribution in [2.24, 2.45) is 0 Å². The Morgan fingerprint density at radius 3 is 2.30 bits per heavy atom. The minimum Gasteiger partial charge on any atom is -0.384 e. The molecular weight excluding hydrogens is 562 g/mol. The molecule has 0 radical (unpaired) electrons. The van der Waals surface area contributed by atoms with E-state index in [9.17, 15) is 23.5 Å². The molecule has 44 heavy (non-hydrogen) atoms. The van der Waals surface area contributed by atoms with Gasteiger partial charge in [-0.2, -0.15) is 0 Å². The zero-order chi connectivity index (χ0) is 31.6. The maximum atomic E-state index is 14.1. The number of amides is 2. The molecule has 2 amide bonds. The van der Waals surface area contributed by atoms with Gasteiger partial charge in [0.05, 0.1) is 6.04 Å². The highest BCUT2D eigenvalue weighted by Gasteiger charge is 2.37. The second-order valence-corrected chi connectivity index (χ2v) is 12.0. The van der Waals surface area contributed by atoms with E-state index in [0.29, 0.717) is 36.3 Å². The number of aliphatic hydroxyl groups excluding tert-OH is 1. The van der Waals surface area contributed by atoms with Gasteiger partial charge in [0.2, 0.25) is 0 Å². The molecule has 1 saturated heterocycles. The maximum Gasteiger partial charge on any atom is 0.253 e. The fourth-order valence-electron chi connectivity index (χ4n) is 6.19. The summed E-state index contributed by atoms with van der Waals surface area (Å²) in [5.41, 5.74) is 3.04. The first-order valence-corrected chi connectivity index (χ1v) is 15.7. The molecule has 4 rings (SSSR count). The summed E-state index contributed by atoms with van der Waals surface area (Å²) in [6, 6.07) is 17.5. The minimum absolute atomic E-state index is 0.0400. The molecule has 5 N–H and O–H groups in total. The zero-order valence-corrected chi connectivity index (χ0v) is 26.0. The van der Waals surface area contributed by atoms with Gasteiger partial charge in [-0.15, -0.1) is 0 Å². The molecule has 1 fully saturated rings. The van der Waals surface area contributed by atoms with Crippen molar-refractivity contribution < 1.29 is 33.7 Å². The number of rotatable bonds is 13. The molecule has 3 aromatic rings. The van der Waals surface area contributed by atoms with Crippen molar-refractivity contribution in [1.29, 1.82) is 0 Å². The van der Waals surface area contributed by atoms with Crippen LogP contribution in [0.3, 0.4) is 0 Å². The van der Waals surface area contributed by atoms with Crippen LogP contribution in [0.4, 0.5) is 8.78 Å². The van der Waals surface area contributed by atoms with Crippen LogP contribution in [-0.4, -0.2) is 72.7 Å². The first-order chi connectivity index (χ1) is 21.2. The number of hydrogen-bond donors (Lipinski definition) is 4. The number of nitrogens with two attached hydrogens (primary N) is 1. The van der Waals surface area contributed by atoms with Crippen LogP contribution in [0.15, 0.2) is 66.7 Å². The van der Waals surface area contributed by atoms with Gasteiger partial charge in [0.25, 0.3) is 11.8 Å². The van der Waals surface area contributed by atoms with E-state index in [1.54, 1.807) is 23.1 Å². The number of benzene rings is 3. The highest BCUT2D eigenvalue weighted by molar-refractivity contribution is 6.00. The Kier molecular flexibility index (Phi) is 12.0. The monoisotopic (exact) mass is 608 g/mol. The molecule has 0 aliphatic carbocycles. The third-order valence-electron chi connectivity index (χ3n) is 8.19. The number of quaternary nitrogens is 2. The summed E-state index contributed by atoms with van der Waals surface area (Å²) in [5, 5.41) is 16.7. The van der Waals surface area contributed by atoms with Gasteiger partial charge in [0, 0.05) is 35.8 Å². The van der Waals surface area contributed by atoms with Crippen molar-refractivity contribution in [3.05, 3.63) is 106 Å². The first kappa shape index (κ1) is 33.2. The standard InChI is InChI=1S/C35H44F2N4O3/c1-4-12-41(13-5-2)35(44)28-16-24(3)15-27(20-28)34(43)39-31(19-26-17-29(36)21-30(37)18-26)33(42)32-23-40(14-11-38-32)22-25-9-7-6-8-10-25/h6-10,15-18,20-21,31-33,38,42H,4-5,11-14,19,22-23H2,1-3H3,(H,39,43)/p+2/t31-,32+,33-/m0/s1. The van der Waals surface area contributed by atoms with Crippen LogP contribution in [0.1, 0.15) is 64.1 Å². The molecule has 3 aromatic carbocycles. The Morgan fingerprint density at radius 2 is 1.64 bits per heavy atom. The lowest BCUT2D eigenvalue weighted by atomic mass is 9.94. The van der Waals surface area contributed by atoms with Gasteiger partial charge in [-0.05, 0) is 67.6 Å². The highest BCUT2D eigenvalue weighted by atomic mass is 19.1. The lowest BCUT2D eigenvalue weighted by Gasteiger charge is -2.34. The molecule has 9 heteroatoms. The van der Waals surface area contributed by atoms with E-state index in [4.69, 9.17) is 0 Å². The van der Waals surface area contributed by atoms with Crippen LogP contribution in [0, 0.1) is 18.6 Å². The van der Waals surface area contributed by atoms with E-state index >= 15 is 0 Å². The Labute approximate surface area is 259 Å². The number of halogens is 2. The van der Waals surface area contributed by atoms with Crippen molar-refractivity contribution in [3.63, 3.8) is 0 Å². The number of aliphatic hydroxyl groups is 1. The molecule has 236 valence electrons. The zero-order valence-electron chi connectivity index (χ0n) is 26.0. The van der Waals surface area contributed by atoms with Crippen molar-refractivity contribution in [2.75, 3.05) is 32.7 Å². The first-order valence-electron chi connectivity index (χ1n) is 15.7. The van der Waals surface area contributed by atoms with E-state index in [2.05, 4.69) is 22.8 Å². The summed E-state index contributed by atoms with van der Waals surface area (Å²) in [4.78, 5) is 30.2. The maximum absolute atomic E-state index is 14.1. The number of carbonyl (C=O) groups is 2. The van der Waals surface area contributed by atoms with Gasteiger partial charge >= 0.3 is 0 Å². The topological polar surface area (TPSA) is 90.7 Å². The largest absolute Gasteiger partial charge is 0.384 e. The van der Waals surface area contributed by atoms with Crippen molar-refractivity contribution in [3.8, 4) is 0 Å². The number of nitrogens with one attached hydrogen (secondary N) is 2. The Bertz CT molecular complexity index is 1380. The molecule has 1 heterocycles. The van der Waals surface area contributed by atoms with E-state index in [0.717, 1.165) is 44.1 Å². The van der Waals surface area contributed by atoms with Gasteiger partial charge in [0.15, 0.2) is 6.04 Å². The lowest BCUT2D eigenvalue weighted by Crippen LogP contribution is -3.22. The summed E-state index contributed by atoms with van der Waals surface area (Å²) >= 11 is 0. The third kappa shape index (κ3) is 9.17. The summed E-state index contributed by atoms with van der Waals surface area (Å²) in [6.07, 6.45) is 0.701. The summed E-state index contributed by atoms with van der Waals surface area (Å²) in [5.74, 6) is -2.01. The number of piperazine rings is 1. The molecule has 4 atom stereocenters. The fraction of sp³-hybridized carbons (Fsp3) is 0.429. The normalized spacial score (nSPS) is 18.0. The van der Waals surface area contributed by atoms with Crippen LogP contribution >= 0.6 is 0 Å². The van der Waals surface area contributed by atoms with Gasteiger partial charge in [0.1, 0.15) is 43.9 Å². The summed E-state index contributed by atoms with van der Waals surface area (Å²) in [7, 11) is 0. The molecule has 0 spiro atoms. The van der Waals surface area contributed by atoms with Crippen LogP contribution in [0.25, 0.3) is 0 Å². The second-order valence-electron chi connectivity index (χ2n) is 12.0. The van der Waals surface area contributed by atoms with Crippen molar-refractivity contribution in [2.45, 2.75) is 64.8 Å². The quantitative estimate of drug-likeness (QED) is 0.240. The number of aryl methyl sites for hydroxylation is 1. The summed E-state index contributed by atoms with van der Waals surface area (Å²) in [6.45, 7) is 10.3. The van der Waals surface area contributed by atoms with Crippen molar-refractivity contribution in [1.82, 2.24) is 10.2 Å². The molecule has 1 unspecified atom stereocenters. The molecule has 1 aliphatic heterocycles. The van der Waals surface area contributed by atoms with E-state index in [1.807, 2.05) is 39.0 Å². The Hall–Kier alpha value is -3.66. The van der Waals surface area contributed by atoms with E-state index in [1.165, 1.54) is 22.6 Å². The number of nitrogens with zero attached hydrogens (tertiary/aromatic N) is 1. The van der Waals surface area contributed by atoms with Gasteiger partial charge in [-0.25, -0.2) is 8.78 Å². The molecule has 0 saturated carbocycles. The predicted octanol–water partition coefficient (Wildman–Crippen LogP) is 2.27. The van der Waals surface area contributed by atoms with E-state index < -0.39 is 29.7 Å². The molecule has 7 nitrogen and oxygen atoms in total. The Balaban J connectivity index is 1.57. The minimum atomic E-state index is -0.994. The smallest absolute Gasteiger partial charge is 0.253 e. The SMILES string of the molecule is CCCN(CCC)C(=O)c1cc(C)cc(C(=O)N[C@@H](Cc2cc(F)cc(F)c2)[C@H](O)[C@H]2C[NH+](Cc3ccccc3)CC[NH2+]2)c1. The predicted molar refractivity (Wildman–Crippen MR) is 166 cm³/mol. The van der Waals surface area contributed by atoms with Crippen LogP contribution in [0.2, 0.25) is 0 Å². The van der Waals surface area contributed by atoms with Crippen molar-refractivity contribution >= 4 is 11.8 Å². The van der Waals surface area contributed by atoms with Gasteiger partial charge in [-0.1, -0.05) is 44.2 Å². The molecule has 1 aliphatic rings. The average molecular weight is 609 g/mol. The van der Waals surface area contributed by atoms with Gasteiger partial charge in [-0.3, -0.25) is 9.59 Å². The molecule has 0 aromatic heterocycles. The number of carbonyl (C=O) groups excluding carboxylic acids is 2. The third-order valence-corrected chi connectivity index (χ3v) is 8.19. The average Bonchev–Trinajstić information content (AvgIpc) is 2.99. The van der Waals surface area contributed by atoms with Crippen LogP contribution in [0.5, 0.6) is 0 Å². The highest BCUT2D eigenvalue weighted by Crippen LogP contribution is 2.16.